The summed E-state index contributed by atoms with van der Waals surface area (Å²) in [6.45, 7) is 4.66. The van der Waals surface area contributed by atoms with E-state index in [9.17, 15) is 9.18 Å². The van der Waals surface area contributed by atoms with Crippen molar-refractivity contribution in [2.75, 3.05) is 18.4 Å². The lowest BCUT2D eigenvalue weighted by Crippen LogP contribution is -2.42. The number of nitrogens with one attached hydrogen (secondary N) is 1. The van der Waals surface area contributed by atoms with Crippen LogP contribution in [0.1, 0.15) is 24.2 Å². The highest BCUT2D eigenvalue weighted by molar-refractivity contribution is 9.10. The van der Waals surface area contributed by atoms with Crippen molar-refractivity contribution in [1.82, 2.24) is 29.9 Å². The fourth-order valence-corrected chi connectivity index (χ4v) is 2.99. The van der Waals surface area contributed by atoms with Crippen molar-refractivity contribution in [3.05, 3.63) is 58.8 Å². The molecule has 2 heterocycles. The van der Waals surface area contributed by atoms with Gasteiger partial charge in [0.25, 0.3) is 5.91 Å². The molecular weight excluding hydrogens is 429 g/mol. The molecular formula is C18H19BrFN7O. The van der Waals surface area contributed by atoms with Gasteiger partial charge in [-0.3, -0.25) is 4.79 Å². The molecule has 0 saturated heterocycles. The minimum absolute atomic E-state index is 0.0346. The molecule has 3 rings (SSSR count). The summed E-state index contributed by atoms with van der Waals surface area (Å²) in [7, 11) is 0. The fourth-order valence-electron chi connectivity index (χ4n) is 2.79. The lowest BCUT2D eigenvalue weighted by Gasteiger charge is -2.29. The standard InChI is InChI=1S/C18H19BrFN7O/c1-3-26(12(2)9-21-18-22-10-13(19)11-23-18)17(28)14-5-4-6-15(20)16(14)27-24-7-8-25-27/h4-8,10-12H,3,9H2,1-2H3,(H,21,22,23)/t12-/m0/s1. The summed E-state index contributed by atoms with van der Waals surface area (Å²) in [6.07, 6.45) is 6.14. The van der Waals surface area contributed by atoms with Crippen LogP contribution >= 0.6 is 15.9 Å². The summed E-state index contributed by atoms with van der Waals surface area (Å²) in [6, 6.07) is 4.17. The first-order valence-electron chi connectivity index (χ1n) is 8.68. The summed E-state index contributed by atoms with van der Waals surface area (Å²) in [5.74, 6) is -0.404. The number of hydrogen-bond acceptors (Lipinski definition) is 6. The molecule has 0 spiro atoms. The number of nitrogens with zero attached hydrogens (tertiary/aromatic N) is 6. The number of halogens is 2. The number of anilines is 1. The van der Waals surface area contributed by atoms with Crippen LogP contribution in [0.4, 0.5) is 10.3 Å². The van der Waals surface area contributed by atoms with E-state index in [2.05, 4.69) is 41.4 Å². The Kier molecular flexibility index (Phi) is 6.30. The van der Waals surface area contributed by atoms with Crippen LogP contribution in [0.5, 0.6) is 0 Å². The summed E-state index contributed by atoms with van der Waals surface area (Å²) in [5, 5.41) is 11.0. The fraction of sp³-hybridized carbons (Fsp3) is 0.278. The average molecular weight is 448 g/mol. The van der Waals surface area contributed by atoms with E-state index in [4.69, 9.17) is 0 Å². The molecule has 0 radical (unpaired) electrons. The molecule has 2 aromatic heterocycles. The summed E-state index contributed by atoms with van der Waals surface area (Å²) in [5.41, 5.74) is 0.233. The predicted molar refractivity (Wildman–Crippen MR) is 106 cm³/mol. The monoisotopic (exact) mass is 447 g/mol. The number of para-hydroxylation sites is 1. The van der Waals surface area contributed by atoms with Crippen LogP contribution in [0.2, 0.25) is 0 Å². The maximum atomic E-state index is 14.4. The van der Waals surface area contributed by atoms with E-state index < -0.39 is 5.82 Å². The van der Waals surface area contributed by atoms with Gasteiger partial charge in [-0.05, 0) is 41.9 Å². The number of hydrogen-bond donors (Lipinski definition) is 1. The van der Waals surface area contributed by atoms with Crippen LogP contribution < -0.4 is 5.32 Å². The van der Waals surface area contributed by atoms with Crippen LogP contribution in [0.3, 0.4) is 0 Å². The lowest BCUT2D eigenvalue weighted by molar-refractivity contribution is 0.0711. The summed E-state index contributed by atoms with van der Waals surface area (Å²) in [4.78, 5) is 24.2. The number of carbonyl (C=O) groups is 1. The van der Waals surface area contributed by atoms with Crippen LogP contribution in [-0.4, -0.2) is 54.9 Å². The Balaban J connectivity index is 1.80. The van der Waals surface area contributed by atoms with Crippen molar-refractivity contribution in [3.8, 4) is 5.69 Å². The highest BCUT2D eigenvalue weighted by atomic mass is 79.9. The number of aromatic nitrogens is 5. The lowest BCUT2D eigenvalue weighted by atomic mass is 10.1. The zero-order valence-electron chi connectivity index (χ0n) is 15.4. The summed E-state index contributed by atoms with van der Waals surface area (Å²) >= 11 is 3.29. The number of amides is 1. The molecule has 0 aliphatic rings. The second kappa shape index (κ2) is 8.87. The van der Waals surface area contributed by atoms with E-state index in [0.29, 0.717) is 19.0 Å². The molecule has 0 aliphatic carbocycles. The van der Waals surface area contributed by atoms with E-state index in [1.165, 1.54) is 24.5 Å². The number of carbonyl (C=O) groups excluding carboxylic acids is 1. The Morgan fingerprint density at radius 1 is 1.29 bits per heavy atom. The van der Waals surface area contributed by atoms with E-state index >= 15 is 0 Å². The van der Waals surface area contributed by atoms with Crippen LogP contribution in [0, 0.1) is 5.82 Å². The Morgan fingerprint density at radius 3 is 2.61 bits per heavy atom. The smallest absolute Gasteiger partial charge is 0.256 e. The van der Waals surface area contributed by atoms with E-state index in [-0.39, 0.29) is 23.2 Å². The molecule has 1 N–H and O–H groups in total. The first kappa shape index (κ1) is 19.9. The molecule has 0 unspecified atom stereocenters. The predicted octanol–water partition coefficient (Wildman–Crippen LogP) is 2.92. The molecule has 0 fully saturated rings. The maximum absolute atomic E-state index is 14.4. The second-order valence-electron chi connectivity index (χ2n) is 6.00. The van der Waals surface area contributed by atoms with Crippen molar-refractivity contribution in [2.45, 2.75) is 19.9 Å². The van der Waals surface area contributed by atoms with Gasteiger partial charge in [0.15, 0.2) is 5.82 Å². The topological polar surface area (TPSA) is 88.8 Å². The minimum Gasteiger partial charge on any atom is -0.352 e. The molecule has 146 valence electrons. The van der Waals surface area contributed by atoms with Gasteiger partial charge < -0.3 is 10.2 Å². The largest absolute Gasteiger partial charge is 0.352 e. The van der Waals surface area contributed by atoms with E-state index in [0.717, 1.165) is 9.27 Å². The first-order valence-corrected chi connectivity index (χ1v) is 9.48. The van der Waals surface area contributed by atoms with E-state index in [1.807, 2.05) is 13.8 Å². The van der Waals surface area contributed by atoms with Crippen molar-refractivity contribution in [3.63, 3.8) is 0 Å². The summed E-state index contributed by atoms with van der Waals surface area (Å²) < 4.78 is 15.2. The molecule has 0 bridgehead atoms. The molecule has 8 nitrogen and oxygen atoms in total. The molecule has 1 aromatic carbocycles. The van der Waals surface area contributed by atoms with Crippen molar-refractivity contribution >= 4 is 27.8 Å². The molecule has 1 amide bonds. The van der Waals surface area contributed by atoms with Crippen LogP contribution in [-0.2, 0) is 0 Å². The Hall–Kier alpha value is -2.88. The van der Waals surface area contributed by atoms with Gasteiger partial charge in [0.1, 0.15) is 5.69 Å². The van der Waals surface area contributed by atoms with Gasteiger partial charge in [0.2, 0.25) is 5.95 Å². The SMILES string of the molecule is CCN(C(=O)c1cccc(F)c1-n1nccn1)[C@@H](C)CNc1ncc(Br)cn1. The Labute approximate surface area is 169 Å². The van der Waals surface area contributed by atoms with Crippen LogP contribution in [0.25, 0.3) is 5.69 Å². The van der Waals surface area contributed by atoms with Crippen molar-refractivity contribution in [1.29, 1.82) is 0 Å². The van der Waals surface area contributed by atoms with Gasteiger partial charge in [-0.2, -0.15) is 10.2 Å². The third-order valence-electron chi connectivity index (χ3n) is 4.15. The zero-order chi connectivity index (χ0) is 20.1. The average Bonchev–Trinajstić information content (AvgIpc) is 3.22. The van der Waals surface area contributed by atoms with Gasteiger partial charge in [-0.25, -0.2) is 14.4 Å². The quantitative estimate of drug-likeness (QED) is 0.598. The number of benzene rings is 1. The van der Waals surface area contributed by atoms with Gasteiger partial charge in [-0.1, -0.05) is 6.07 Å². The Bertz CT molecular complexity index is 934. The van der Waals surface area contributed by atoms with Gasteiger partial charge in [0, 0.05) is 31.5 Å². The highest BCUT2D eigenvalue weighted by Gasteiger charge is 2.25. The maximum Gasteiger partial charge on any atom is 0.256 e. The molecule has 1 atom stereocenters. The molecule has 3 aromatic rings. The minimum atomic E-state index is -0.563. The van der Waals surface area contributed by atoms with Gasteiger partial charge in [0.05, 0.1) is 22.4 Å². The normalized spacial score (nSPS) is 11.9. The molecule has 28 heavy (non-hydrogen) atoms. The third-order valence-corrected chi connectivity index (χ3v) is 4.55. The second-order valence-corrected chi connectivity index (χ2v) is 6.92. The van der Waals surface area contributed by atoms with Crippen molar-refractivity contribution < 1.29 is 9.18 Å². The van der Waals surface area contributed by atoms with Crippen molar-refractivity contribution in [2.24, 2.45) is 0 Å². The number of rotatable bonds is 7. The highest BCUT2D eigenvalue weighted by Crippen LogP contribution is 2.20. The third kappa shape index (κ3) is 4.33. The van der Waals surface area contributed by atoms with Crippen LogP contribution in [0.15, 0.2) is 47.5 Å². The zero-order valence-corrected chi connectivity index (χ0v) is 17.0. The first-order chi connectivity index (χ1) is 13.5. The molecule has 0 saturated carbocycles. The molecule has 10 heteroatoms. The van der Waals surface area contributed by atoms with E-state index in [1.54, 1.807) is 23.4 Å². The Morgan fingerprint density at radius 2 is 1.96 bits per heavy atom. The van der Waals surface area contributed by atoms with Gasteiger partial charge >= 0.3 is 0 Å². The number of likely N-dealkylation sites (N-methyl/N-ethyl adjacent to an activating group) is 1. The molecule has 0 aliphatic heterocycles. The van der Waals surface area contributed by atoms with Gasteiger partial charge in [-0.15, -0.1) is 4.80 Å².